The molecule has 2 heterocycles. The second-order valence-corrected chi connectivity index (χ2v) is 10.4. The first-order valence-corrected chi connectivity index (χ1v) is 13.3. The smallest absolute Gasteiger partial charge is 0.223 e. The highest BCUT2D eigenvalue weighted by atomic mass is 16.3. The Balaban J connectivity index is 1.23. The number of β-amino-alcohol motifs (C(OH)–C–C–N with tert-alkyl or cyclic N) is 1. The Labute approximate surface area is 220 Å². The van der Waals surface area contributed by atoms with Crippen molar-refractivity contribution in [3.63, 3.8) is 0 Å². The molecule has 2 aliphatic heterocycles. The Morgan fingerprint density at radius 3 is 1.97 bits per heavy atom. The first-order chi connectivity index (χ1) is 18.0. The van der Waals surface area contributed by atoms with E-state index in [1.165, 1.54) is 27.8 Å². The third-order valence-corrected chi connectivity index (χ3v) is 7.70. The summed E-state index contributed by atoms with van der Waals surface area (Å²) in [6, 6.07) is 31.1. The highest BCUT2D eigenvalue weighted by Crippen LogP contribution is 2.35. The van der Waals surface area contributed by atoms with Gasteiger partial charge in [-0.05, 0) is 41.0 Å². The average molecular weight is 493 g/mol. The Bertz CT molecular complexity index is 1240. The summed E-state index contributed by atoms with van der Waals surface area (Å²) in [4.78, 5) is 17.1. The first kappa shape index (κ1) is 25.0. The van der Waals surface area contributed by atoms with Gasteiger partial charge in [0.15, 0.2) is 0 Å². The van der Waals surface area contributed by atoms with E-state index < -0.39 is 5.60 Å². The molecule has 1 N–H and O–H groups in total. The van der Waals surface area contributed by atoms with Crippen molar-refractivity contribution in [3.8, 4) is 0 Å². The largest absolute Gasteiger partial charge is 0.388 e. The highest BCUT2D eigenvalue weighted by Gasteiger charge is 2.36. The van der Waals surface area contributed by atoms with Crippen LogP contribution in [-0.4, -0.2) is 52.6 Å². The summed E-state index contributed by atoms with van der Waals surface area (Å²) in [5.74, 6) is 0.369. The molecule has 37 heavy (non-hydrogen) atoms. The molecular formula is C33H36N2O2. The average Bonchev–Trinajstić information content (AvgIpc) is 2.94. The van der Waals surface area contributed by atoms with Gasteiger partial charge in [0.1, 0.15) is 0 Å². The van der Waals surface area contributed by atoms with Crippen LogP contribution < -0.4 is 0 Å². The van der Waals surface area contributed by atoms with Crippen LogP contribution in [-0.2, 0) is 4.79 Å². The van der Waals surface area contributed by atoms with E-state index in [9.17, 15) is 9.90 Å². The molecule has 0 spiro atoms. The lowest BCUT2D eigenvalue weighted by atomic mass is 9.88. The molecule has 3 aromatic rings. The van der Waals surface area contributed by atoms with Crippen molar-refractivity contribution in [3.05, 3.63) is 120 Å². The first-order valence-electron chi connectivity index (χ1n) is 13.3. The highest BCUT2D eigenvalue weighted by molar-refractivity contribution is 6.05. The summed E-state index contributed by atoms with van der Waals surface area (Å²) >= 11 is 0. The quantitative estimate of drug-likeness (QED) is 0.442. The number of benzene rings is 3. The van der Waals surface area contributed by atoms with Gasteiger partial charge >= 0.3 is 0 Å². The topological polar surface area (TPSA) is 43.8 Å². The van der Waals surface area contributed by atoms with Crippen molar-refractivity contribution in [2.45, 2.75) is 37.7 Å². The molecule has 0 radical (unpaired) electrons. The van der Waals surface area contributed by atoms with Crippen LogP contribution in [0, 0.1) is 0 Å². The van der Waals surface area contributed by atoms with Gasteiger partial charge in [-0.3, -0.25) is 4.79 Å². The number of hydrogen-bond acceptors (Lipinski definition) is 3. The Morgan fingerprint density at radius 2 is 1.38 bits per heavy atom. The number of carbonyl (C=O) groups is 1. The maximum absolute atomic E-state index is 13.0. The number of piperidine rings is 1. The number of carbonyl (C=O) groups excluding carboxylic acids is 1. The van der Waals surface area contributed by atoms with Gasteiger partial charge < -0.3 is 14.9 Å². The zero-order valence-corrected chi connectivity index (χ0v) is 21.6. The SMILES string of the molecule is C[C@H](CC(=O)N1CCC(O)(CN2C=C(c3ccccc3)C(c3ccccc3)=CC2)CC1)c1ccccc1. The summed E-state index contributed by atoms with van der Waals surface area (Å²) in [5, 5.41) is 11.5. The minimum absolute atomic E-state index is 0.179. The van der Waals surface area contributed by atoms with Gasteiger partial charge in [-0.15, -0.1) is 0 Å². The van der Waals surface area contributed by atoms with E-state index in [0.717, 1.165) is 6.54 Å². The molecular weight excluding hydrogens is 456 g/mol. The predicted molar refractivity (Wildman–Crippen MR) is 151 cm³/mol. The molecule has 1 fully saturated rings. The van der Waals surface area contributed by atoms with Crippen molar-refractivity contribution >= 4 is 17.1 Å². The van der Waals surface area contributed by atoms with Crippen LogP contribution >= 0.6 is 0 Å². The Morgan fingerprint density at radius 1 is 0.838 bits per heavy atom. The van der Waals surface area contributed by atoms with Crippen LogP contribution in [0.4, 0.5) is 0 Å². The van der Waals surface area contributed by atoms with E-state index >= 15 is 0 Å². The third-order valence-electron chi connectivity index (χ3n) is 7.70. The fraction of sp³-hybridized carbons (Fsp3) is 0.303. The van der Waals surface area contributed by atoms with Crippen LogP contribution in [0.15, 0.2) is 103 Å². The lowest BCUT2D eigenvalue weighted by molar-refractivity contribution is -0.136. The van der Waals surface area contributed by atoms with Crippen LogP contribution in [0.1, 0.15) is 48.8 Å². The van der Waals surface area contributed by atoms with Gasteiger partial charge in [0.25, 0.3) is 0 Å². The molecule has 1 amide bonds. The lowest BCUT2D eigenvalue weighted by Crippen LogP contribution is -2.51. The number of amides is 1. The van der Waals surface area contributed by atoms with Crippen LogP contribution in [0.25, 0.3) is 11.1 Å². The molecule has 1 atom stereocenters. The number of nitrogens with zero attached hydrogens (tertiary/aromatic N) is 2. The molecule has 0 saturated carbocycles. The summed E-state index contributed by atoms with van der Waals surface area (Å²) in [6.07, 6.45) is 6.17. The maximum Gasteiger partial charge on any atom is 0.223 e. The molecule has 0 bridgehead atoms. The van der Waals surface area contributed by atoms with Gasteiger partial charge in [-0.1, -0.05) is 104 Å². The second kappa shape index (κ2) is 11.2. The van der Waals surface area contributed by atoms with Gasteiger partial charge in [0, 0.05) is 44.4 Å². The molecule has 0 aromatic heterocycles. The van der Waals surface area contributed by atoms with Crippen molar-refractivity contribution in [1.82, 2.24) is 9.80 Å². The van der Waals surface area contributed by atoms with Crippen molar-refractivity contribution in [2.24, 2.45) is 0 Å². The van der Waals surface area contributed by atoms with Crippen molar-refractivity contribution < 1.29 is 9.90 Å². The summed E-state index contributed by atoms with van der Waals surface area (Å²) in [6.45, 7) is 4.62. The van der Waals surface area contributed by atoms with Crippen LogP contribution in [0.5, 0.6) is 0 Å². The number of hydrogen-bond donors (Lipinski definition) is 1. The Kier molecular flexibility index (Phi) is 7.57. The Hall–Kier alpha value is -3.63. The van der Waals surface area contributed by atoms with Crippen LogP contribution in [0.2, 0.25) is 0 Å². The molecule has 5 rings (SSSR count). The molecule has 190 valence electrons. The second-order valence-electron chi connectivity index (χ2n) is 10.4. The monoisotopic (exact) mass is 492 g/mol. The van der Waals surface area contributed by atoms with Gasteiger partial charge in [0.05, 0.1) is 5.60 Å². The molecule has 0 aliphatic carbocycles. The molecule has 2 aliphatic rings. The third kappa shape index (κ3) is 6.03. The number of allylic oxidation sites excluding steroid dienone is 2. The standard InChI is InChI=1S/C33H36N2O2/c1-26(27-11-5-2-6-12-27)23-32(36)35-21-18-33(37,19-22-35)25-34-20-17-30(28-13-7-3-8-14-28)31(24-34)29-15-9-4-10-16-29/h2-17,24,26,37H,18-23,25H2,1H3/t26-/m1/s1. The lowest BCUT2D eigenvalue weighted by Gasteiger charge is -2.41. The number of likely N-dealkylation sites (tertiary alicyclic amines) is 1. The fourth-order valence-corrected chi connectivity index (χ4v) is 5.47. The normalized spacial score (nSPS) is 18.1. The van der Waals surface area contributed by atoms with E-state index in [0.29, 0.717) is 38.9 Å². The zero-order valence-electron chi connectivity index (χ0n) is 21.6. The molecule has 0 unspecified atom stereocenters. The van der Waals surface area contributed by atoms with Gasteiger partial charge in [0.2, 0.25) is 5.91 Å². The molecule has 1 saturated heterocycles. The van der Waals surface area contributed by atoms with E-state index in [2.05, 4.69) is 84.8 Å². The summed E-state index contributed by atoms with van der Waals surface area (Å²) in [7, 11) is 0. The number of aliphatic hydroxyl groups is 1. The van der Waals surface area contributed by atoms with Gasteiger partial charge in [-0.2, -0.15) is 0 Å². The molecule has 4 heteroatoms. The minimum atomic E-state index is -0.807. The van der Waals surface area contributed by atoms with Crippen molar-refractivity contribution in [1.29, 1.82) is 0 Å². The maximum atomic E-state index is 13.0. The van der Waals surface area contributed by atoms with Crippen molar-refractivity contribution in [2.75, 3.05) is 26.2 Å². The summed E-state index contributed by atoms with van der Waals surface area (Å²) in [5.41, 5.74) is 5.15. The number of rotatable bonds is 7. The minimum Gasteiger partial charge on any atom is -0.388 e. The predicted octanol–water partition coefficient (Wildman–Crippen LogP) is 5.97. The van der Waals surface area contributed by atoms with E-state index in [4.69, 9.17) is 0 Å². The van der Waals surface area contributed by atoms with Gasteiger partial charge in [-0.25, -0.2) is 0 Å². The van der Waals surface area contributed by atoms with E-state index in [1.54, 1.807) is 0 Å². The molecule has 4 nitrogen and oxygen atoms in total. The summed E-state index contributed by atoms with van der Waals surface area (Å²) < 4.78 is 0. The van der Waals surface area contributed by atoms with Crippen LogP contribution in [0.3, 0.4) is 0 Å². The fourth-order valence-electron chi connectivity index (χ4n) is 5.47. The van der Waals surface area contributed by atoms with E-state index in [1.807, 2.05) is 35.2 Å². The zero-order chi connectivity index (χ0) is 25.7. The van der Waals surface area contributed by atoms with E-state index in [-0.39, 0.29) is 11.8 Å². The molecule has 3 aromatic carbocycles.